The van der Waals surface area contributed by atoms with Gasteiger partial charge in [0.25, 0.3) is 5.91 Å². The summed E-state index contributed by atoms with van der Waals surface area (Å²) in [4.78, 5) is 25.2. The third-order valence-corrected chi connectivity index (χ3v) is 5.04. The molecule has 0 radical (unpaired) electrons. The first kappa shape index (κ1) is 21.9. The number of nitrogens with zero attached hydrogens (tertiary/aromatic N) is 2. The Hall–Kier alpha value is -4.33. The van der Waals surface area contributed by atoms with E-state index in [2.05, 4.69) is 10.5 Å². The summed E-state index contributed by atoms with van der Waals surface area (Å²) in [6.07, 6.45) is 3.18. The highest BCUT2D eigenvalue weighted by atomic mass is 19.1. The Morgan fingerprint density at radius 2 is 1.76 bits per heavy atom. The van der Waals surface area contributed by atoms with Crippen LogP contribution in [0.3, 0.4) is 0 Å². The van der Waals surface area contributed by atoms with Crippen molar-refractivity contribution in [2.75, 3.05) is 6.61 Å². The molecule has 0 aliphatic rings. The largest absolute Gasteiger partial charge is 0.481 e. The zero-order valence-electron chi connectivity index (χ0n) is 17.6. The minimum atomic E-state index is -0.571. The standard InChI is InChI=1S/C25H19F2N3O3/c1-16-19(14-28-29-23(31)15-33-22-8-3-2-6-20(22)27)21-7-4-5-13-30(21)24(16)25(32)17-9-11-18(26)12-10-17/h2-14H,15H2,1H3,(H,29,31). The number of benzene rings is 2. The van der Waals surface area contributed by atoms with Gasteiger partial charge < -0.3 is 9.14 Å². The summed E-state index contributed by atoms with van der Waals surface area (Å²) in [5.74, 6) is -1.86. The zero-order valence-corrected chi connectivity index (χ0v) is 17.6. The monoisotopic (exact) mass is 447 g/mol. The third kappa shape index (κ3) is 4.64. The van der Waals surface area contributed by atoms with E-state index >= 15 is 0 Å². The molecular weight excluding hydrogens is 428 g/mol. The van der Waals surface area contributed by atoms with Crippen molar-refractivity contribution in [1.29, 1.82) is 0 Å². The molecule has 1 N–H and O–H groups in total. The van der Waals surface area contributed by atoms with E-state index in [4.69, 9.17) is 4.74 Å². The van der Waals surface area contributed by atoms with E-state index in [0.717, 1.165) is 0 Å². The third-order valence-electron chi connectivity index (χ3n) is 5.04. The van der Waals surface area contributed by atoms with Crippen LogP contribution in [-0.4, -0.2) is 28.9 Å². The summed E-state index contributed by atoms with van der Waals surface area (Å²) < 4.78 is 33.7. The Balaban J connectivity index is 1.54. The van der Waals surface area contributed by atoms with E-state index in [1.807, 2.05) is 12.1 Å². The minimum Gasteiger partial charge on any atom is -0.481 e. The van der Waals surface area contributed by atoms with Gasteiger partial charge in [-0.3, -0.25) is 9.59 Å². The molecule has 6 nitrogen and oxygen atoms in total. The summed E-state index contributed by atoms with van der Waals surface area (Å²) in [5.41, 5.74) is 5.09. The van der Waals surface area contributed by atoms with Gasteiger partial charge in [-0.15, -0.1) is 0 Å². The first-order chi connectivity index (χ1) is 16.0. The van der Waals surface area contributed by atoms with Crippen LogP contribution in [0.25, 0.3) is 5.52 Å². The number of aromatic nitrogens is 1. The lowest BCUT2D eigenvalue weighted by atomic mass is 10.0. The van der Waals surface area contributed by atoms with E-state index in [-0.39, 0.29) is 11.5 Å². The molecule has 0 unspecified atom stereocenters. The molecule has 0 saturated carbocycles. The maximum Gasteiger partial charge on any atom is 0.277 e. The van der Waals surface area contributed by atoms with Crippen LogP contribution in [0.15, 0.2) is 78.0 Å². The molecule has 4 rings (SSSR count). The number of para-hydroxylation sites is 1. The van der Waals surface area contributed by atoms with Gasteiger partial charge in [0.05, 0.1) is 17.4 Å². The molecule has 2 aromatic carbocycles. The number of fused-ring (bicyclic) bond motifs is 1. The fraction of sp³-hybridized carbons (Fsp3) is 0.0800. The van der Waals surface area contributed by atoms with Crippen LogP contribution < -0.4 is 10.2 Å². The fourth-order valence-electron chi connectivity index (χ4n) is 3.44. The van der Waals surface area contributed by atoms with Crippen LogP contribution in [0.5, 0.6) is 5.75 Å². The topological polar surface area (TPSA) is 72.2 Å². The number of amides is 1. The van der Waals surface area contributed by atoms with Gasteiger partial charge in [-0.2, -0.15) is 5.10 Å². The van der Waals surface area contributed by atoms with E-state index in [1.165, 1.54) is 48.7 Å². The van der Waals surface area contributed by atoms with Crippen LogP contribution in [0.4, 0.5) is 8.78 Å². The molecule has 4 aromatic rings. The number of rotatable bonds is 7. The number of ether oxygens (including phenoxy) is 1. The summed E-state index contributed by atoms with van der Waals surface area (Å²) in [6, 6.07) is 16.5. The molecule has 0 aliphatic carbocycles. The second-order valence-corrected chi connectivity index (χ2v) is 7.19. The molecule has 2 aromatic heterocycles. The summed E-state index contributed by atoms with van der Waals surface area (Å²) in [7, 11) is 0. The van der Waals surface area contributed by atoms with Gasteiger partial charge in [0.15, 0.2) is 18.2 Å². The van der Waals surface area contributed by atoms with Gasteiger partial charge >= 0.3 is 0 Å². The normalized spacial score (nSPS) is 11.1. The number of nitrogens with one attached hydrogen (secondary N) is 1. The van der Waals surface area contributed by atoms with Gasteiger partial charge in [-0.05, 0) is 61.0 Å². The maximum atomic E-state index is 13.6. The molecule has 0 fully saturated rings. The maximum absolute atomic E-state index is 13.6. The second-order valence-electron chi connectivity index (χ2n) is 7.19. The van der Waals surface area contributed by atoms with Crippen molar-refractivity contribution in [3.8, 4) is 5.75 Å². The van der Waals surface area contributed by atoms with Crippen LogP contribution in [0, 0.1) is 18.6 Å². The average Bonchev–Trinajstić information content (AvgIpc) is 3.10. The summed E-state index contributed by atoms with van der Waals surface area (Å²) in [5, 5.41) is 3.97. The highest BCUT2D eigenvalue weighted by molar-refractivity contribution is 6.12. The highest BCUT2D eigenvalue weighted by Crippen LogP contribution is 2.24. The van der Waals surface area contributed by atoms with Crippen molar-refractivity contribution >= 4 is 23.4 Å². The SMILES string of the molecule is Cc1c(C=NNC(=O)COc2ccccc2F)c2ccccn2c1C(=O)c1ccc(F)cc1. The van der Waals surface area contributed by atoms with Crippen molar-refractivity contribution in [1.82, 2.24) is 9.83 Å². The lowest BCUT2D eigenvalue weighted by molar-refractivity contribution is -0.123. The molecule has 166 valence electrons. The number of hydrogen-bond acceptors (Lipinski definition) is 4. The molecule has 0 atom stereocenters. The first-order valence-electron chi connectivity index (χ1n) is 10.0. The van der Waals surface area contributed by atoms with E-state index < -0.39 is 24.1 Å². The number of carbonyl (C=O) groups excluding carboxylic acids is 2. The first-order valence-corrected chi connectivity index (χ1v) is 10.0. The highest BCUT2D eigenvalue weighted by Gasteiger charge is 2.21. The fourth-order valence-corrected chi connectivity index (χ4v) is 3.44. The molecule has 0 bridgehead atoms. The Morgan fingerprint density at radius 3 is 2.52 bits per heavy atom. The smallest absolute Gasteiger partial charge is 0.277 e. The van der Waals surface area contributed by atoms with Crippen molar-refractivity contribution in [2.24, 2.45) is 5.10 Å². The van der Waals surface area contributed by atoms with E-state index in [0.29, 0.717) is 27.9 Å². The van der Waals surface area contributed by atoms with Crippen LogP contribution >= 0.6 is 0 Å². The van der Waals surface area contributed by atoms with Crippen molar-refractivity contribution in [2.45, 2.75) is 6.92 Å². The second kappa shape index (κ2) is 9.44. The Bertz CT molecular complexity index is 1360. The van der Waals surface area contributed by atoms with Crippen molar-refractivity contribution in [3.05, 3.63) is 107 Å². The average molecular weight is 447 g/mol. The number of pyridine rings is 1. The Kier molecular flexibility index (Phi) is 6.26. The quantitative estimate of drug-likeness (QED) is 0.261. The number of hydrazone groups is 1. The molecule has 2 heterocycles. The molecule has 0 saturated heterocycles. The number of ketones is 1. The predicted octanol–water partition coefficient (Wildman–Crippen LogP) is 4.29. The molecule has 33 heavy (non-hydrogen) atoms. The molecule has 0 aliphatic heterocycles. The summed E-state index contributed by atoms with van der Waals surface area (Å²) >= 11 is 0. The molecular formula is C25H19F2N3O3. The molecule has 1 amide bonds. The molecule has 0 spiro atoms. The lowest BCUT2D eigenvalue weighted by Gasteiger charge is -2.05. The number of halogens is 2. The Labute approximate surface area is 188 Å². The molecule has 8 heteroatoms. The number of carbonyl (C=O) groups is 2. The minimum absolute atomic E-state index is 0.0325. The lowest BCUT2D eigenvalue weighted by Crippen LogP contribution is -2.24. The Morgan fingerprint density at radius 1 is 1.03 bits per heavy atom. The van der Waals surface area contributed by atoms with Crippen molar-refractivity contribution < 1.29 is 23.1 Å². The van der Waals surface area contributed by atoms with Crippen LogP contribution in [0.1, 0.15) is 27.2 Å². The zero-order chi connectivity index (χ0) is 23.4. The van der Waals surface area contributed by atoms with Crippen LogP contribution in [0.2, 0.25) is 0 Å². The van der Waals surface area contributed by atoms with Gasteiger partial charge in [-0.1, -0.05) is 18.2 Å². The van der Waals surface area contributed by atoms with Crippen molar-refractivity contribution in [3.63, 3.8) is 0 Å². The number of hydrogen-bond donors (Lipinski definition) is 1. The van der Waals surface area contributed by atoms with Gasteiger partial charge in [0.2, 0.25) is 5.78 Å². The van der Waals surface area contributed by atoms with Gasteiger partial charge in [0.1, 0.15) is 5.82 Å². The van der Waals surface area contributed by atoms with Gasteiger partial charge in [0, 0.05) is 17.3 Å². The van der Waals surface area contributed by atoms with Crippen LogP contribution in [-0.2, 0) is 4.79 Å². The summed E-state index contributed by atoms with van der Waals surface area (Å²) in [6.45, 7) is 1.36. The van der Waals surface area contributed by atoms with Gasteiger partial charge in [-0.25, -0.2) is 14.2 Å². The van der Waals surface area contributed by atoms with E-state index in [1.54, 1.807) is 29.7 Å². The van der Waals surface area contributed by atoms with E-state index in [9.17, 15) is 18.4 Å². The predicted molar refractivity (Wildman–Crippen MR) is 120 cm³/mol.